The molecule has 0 heterocycles. The highest BCUT2D eigenvalue weighted by Crippen LogP contribution is 2.34. The standard InChI is InChI=1S/C30H31IO5/c1-21(20-36-25-11-7-4-8-12-25)26(15-16-32)28(33)14-13-24(23-9-5-3-6-10-23)17-22-18-27(31)30(34)29(19-22)35-2/h3-12,15,17-19,28,32-34H,1,13-14,16,20H2,2H3/b24-17-,26-15-. The number of halogens is 1. The van der Waals surface area contributed by atoms with E-state index in [0.29, 0.717) is 39.1 Å². The van der Waals surface area contributed by atoms with Gasteiger partial charge in [-0.3, -0.25) is 0 Å². The van der Waals surface area contributed by atoms with Crippen molar-refractivity contribution in [2.75, 3.05) is 20.3 Å². The Labute approximate surface area is 226 Å². The Morgan fingerprint density at radius 3 is 2.36 bits per heavy atom. The van der Waals surface area contributed by atoms with Gasteiger partial charge in [-0.1, -0.05) is 67.3 Å². The molecule has 0 aliphatic carbocycles. The zero-order chi connectivity index (χ0) is 25.9. The molecule has 0 saturated carbocycles. The minimum absolute atomic E-state index is 0.113. The SMILES string of the molecule is C=C(COc1ccccc1)/C(=C/CO)C(O)CC/C(=C/c1cc(I)c(O)c(OC)c1)c1ccccc1. The Balaban J connectivity index is 1.79. The Hall–Kier alpha value is -3.07. The Kier molecular flexibility index (Phi) is 10.6. The number of rotatable bonds is 12. The summed E-state index contributed by atoms with van der Waals surface area (Å²) in [6.07, 6.45) is 3.78. The van der Waals surface area contributed by atoms with Gasteiger partial charge >= 0.3 is 0 Å². The van der Waals surface area contributed by atoms with Crippen LogP contribution in [0.2, 0.25) is 0 Å². The van der Waals surface area contributed by atoms with Crippen LogP contribution in [0.3, 0.4) is 0 Å². The lowest BCUT2D eigenvalue weighted by Crippen LogP contribution is -2.16. The van der Waals surface area contributed by atoms with E-state index in [9.17, 15) is 15.3 Å². The van der Waals surface area contributed by atoms with Crippen molar-refractivity contribution in [3.8, 4) is 17.2 Å². The van der Waals surface area contributed by atoms with Gasteiger partial charge in [0.2, 0.25) is 0 Å². The van der Waals surface area contributed by atoms with Crippen LogP contribution in [0.5, 0.6) is 17.2 Å². The first-order chi connectivity index (χ1) is 17.4. The van der Waals surface area contributed by atoms with Crippen LogP contribution in [0.4, 0.5) is 0 Å². The number of benzene rings is 3. The van der Waals surface area contributed by atoms with Crippen LogP contribution >= 0.6 is 22.6 Å². The lowest BCUT2D eigenvalue weighted by Gasteiger charge is -2.19. The van der Waals surface area contributed by atoms with Crippen LogP contribution in [-0.4, -0.2) is 41.7 Å². The third-order valence-electron chi connectivity index (χ3n) is 5.68. The second kappa shape index (κ2) is 13.9. The third-order valence-corrected chi connectivity index (χ3v) is 6.50. The van der Waals surface area contributed by atoms with E-state index in [2.05, 4.69) is 29.2 Å². The Morgan fingerprint density at radius 1 is 1.06 bits per heavy atom. The highest BCUT2D eigenvalue weighted by Gasteiger charge is 2.16. The summed E-state index contributed by atoms with van der Waals surface area (Å²) >= 11 is 2.08. The summed E-state index contributed by atoms with van der Waals surface area (Å²) in [5, 5.41) is 30.8. The number of hydrogen-bond acceptors (Lipinski definition) is 5. The maximum Gasteiger partial charge on any atom is 0.171 e. The van der Waals surface area contributed by atoms with E-state index in [1.807, 2.05) is 72.8 Å². The van der Waals surface area contributed by atoms with Gasteiger partial charge in [0.15, 0.2) is 11.5 Å². The number of aromatic hydroxyl groups is 1. The van der Waals surface area contributed by atoms with E-state index < -0.39 is 6.10 Å². The maximum atomic E-state index is 11.1. The van der Waals surface area contributed by atoms with E-state index in [0.717, 1.165) is 16.7 Å². The smallest absolute Gasteiger partial charge is 0.171 e. The highest BCUT2D eigenvalue weighted by atomic mass is 127. The normalized spacial score (nSPS) is 12.8. The number of phenolic OH excluding ortho intramolecular Hbond substituents is 1. The highest BCUT2D eigenvalue weighted by molar-refractivity contribution is 14.1. The van der Waals surface area contributed by atoms with Crippen molar-refractivity contribution in [2.45, 2.75) is 18.9 Å². The summed E-state index contributed by atoms with van der Waals surface area (Å²) in [5.74, 6) is 1.23. The van der Waals surface area contributed by atoms with E-state index in [4.69, 9.17) is 9.47 Å². The minimum atomic E-state index is -0.828. The predicted molar refractivity (Wildman–Crippen MR) is 153 cm³/mol. The molecule has 1 unspecified atom stereocenters. The van der Waals surface area contributed by atoms with Crippen molar-refractivity contribution in [3.05, 3.63) is 111 Å². The van der Waals surface area contributed by atoms with E-state index >= 15 is 0 Å². The molecular weight excluding hydrogens is 567 g/mol. The molecular formula is C30H31IO5. The van der Waals surface area contributed by atoms with Crippen LogP contribution in [-0.2, 0) is 0 Å². The molecule has 3 aromatic carbocycles. The van der Waals surface area contributed by atoms with E-state index in [1.54, 1.807) is 12.1 Å². The fourth-order valence-electron chi connectivity index (χ4n) is 3.82. The minimum Gasteiger partial charge on any atom is -0.504 e. The topological polar surface area (TPSA) is 79.2 Å². The lowest BCUT2D eigenvalue weighted by atomic mass is 9.93. The molecule has 3 rings (SSSR count). The van der Waals surface area contributed by atoms with E-state index in [1.165, 1.54) is 7.11 Å². The van der Waals surface area contributed by atoms with Crippen LogP contribution in [0.25, 0.3) is 11.6 Å². The first kappa shape index (κ1) is 27.5. The molecule has 0 bridgehead atoms. The fraction of sp³-hybridized carbons (Fsp3) is 0.200. The Bertz CT molecular complexity index is 1200. The van der Waals surface area contributed by atoms with Crippen LogP contribution in [0, 0.1) is 3.57 Å². The molecule has 188 valence electrons. The van der Waals surface area contributed by atoms with Crippen molar-refractivity contribution in [3.63, 3.8) is 0 Å². The molecule has 0 saturated heterocycles. The number of phenols is 1. The average molecular weight is 598 g/mol. The number of hydrogen-bond donors (Lipinski definition) is 3. The zero-order valence-electron chi connectivity index (χ0n) is 20.2. The molecule has 1 atom stereocenters. The molecule has 6 heteroatoms. The summed E-state index contributed by atoms with van der Waals surface area (Å²) in [5.41, 5.74) is 4.12. The monoisotopic (exact) mass is 598 g/mol. The number of aliphatic hydroxyl groups excluding tert-OH is 2. The molecule has 0 aliphatic heterocycles. The molecule has 0 fully saturated rings. The van der Waals surface area contributed by atoms with Gasteiger partial charge in [0, 0.05) is 0 Å². The van der Waals surface area contributed by atoms with E-state index in [-0.39, 0.29) is 19.0 Å². The third kappa shape index (κ3) is 7.71. The van der Waals surface area contributed by atoms with Gasteiger partial charge in [-0.15, -0.1) is 0 Å². The first-order valence-corrected chi connectivity index (χ1v) is 12.7. The van der Waals surface area contributed by atoms with Crippen molar-refractivity contribution in [1.29, 1.82) is 0 Å². The number of aliphatic hydroxyl groups is 2. The number of para-hydroxylation sites is 1. The van der Waals surface area contributed by atoms with Gasteiger partial charge < -0.3 is 24.8 Å². The summed E-state index contributed by atoms with van der Waals surface area (Å²) in [6.45, 7) is 4.09. The molecule has 3 aromatic rings. The van der Waals surface area contributed by atoms with Crippen LogP contribution in [0.1, 0.15) is 24.0 Å². The van der Waals surface area contributed by atoms with Gasteiger partial charge in [-0.05, 0) is 87.5 Å². The number of methoxy groups -OCH3 is 1. The van der Waals surface area contributed by atoms with Crippen LogP contribution in [0.15, 0.2) is 96.6 Å². The van der Waals surface area contributed by atoms with Crippen molar-refractivity contribution in [1.82, 2.24) is 0 Å². The molecule has 3 N–H and O–H groups in total. The molecule has 0 spiro atoms. The van der Waals surface area contributed by atoms with Crippen LogP contribution < -0.4 is 9.47 Å². The Morgan fingerprint density at radius 2 is 1.72 bits per heavy atom. The molecule has 0 aliphatic rings. The van der Waals surface area contributed by atoms with Gasteiger partial charge in [0.1, 0.15) is 12.4 Å². The van der Waals surface area contributed by atoms with Gasteiger partial charge in [0.25, 0.3) is 0 Å². The van der Waals surface area contributed by atoms with Crippen molar-refractivity contribution in [2.24, 2.45) is 0 Å². The van der Waals surface area contributed by atoms with Gasteiger partial charge in [-0.2, -0.15) is 0 Å². The second-order valence-electron chi connectivity index (χ2n) is 8.19. The second-order valence-corrected chi connectivity index (χ2v) is 9.35. The molecule has 0 aromatic heterocycles. The molecule has 0 amide bonds. The fourth-order valence-corrected chi connectivity index (χ4v) is 4.44. The summed E-state index contributed by atoms with van der Waals surface area (Å²) in [6, 6.07) is 23.0. The molecule has 0 radical (unpaired) electrons. The van der Waals surface area contributed by atoms with Gasteiger partial charge in [-0.25, -0.2) is 0 Å². The summed E-state index contributed by atoms with van der Waals surface area (Å²) in [4.78, 5) is 0. The molecule has 5 nitrogen and oxygen atoms in total. The first-order valence-electron chi connectivity index (χ1n) is 11.6. The van der Waals surface area contributed by atoms with Crippen molar-refractivity contribution >= 4 is 34.2 Å². The average Bonchev–Trinajstić information content (AvgIpc) is 2.91. The predicted octanol–water partition coefficient (Wildman–Crippen LogP) is 6.24. The lowest BCUT2D eigenvalue weighted by molar-refractivity contribution is 0.200. The summed E-state index contributed by atoms with van der Waals surface area (Å²) in [7, 11) is 1.52. The molecule has 36 heavy (non-hydrogen) atoms. The maximum absolute atomic E-state index is 11.1. The van der Waals surface area contributed by atoms with Gasteiger partial charge in [0.05, 0.1) is 23.4 Å². The zero-order valence-corrected chi connectivity index (χ0v) is 22.4. The largest absolute Gasteiger partial charge is 0.504 e. The van der Waals surface area contributed by atoms with Crippen molar-refractivity contribution < 1.29 is 24.8 Å². The number of allylic oxidation sites excluding steroid dienone is 1. The quantitative estimate of drug-likeness (QED) is 0.131. The number of ether oxygens (including phenoxy) is 2. The summed E-state index contributed by atoms with van der Waals surface area (Å²) < 4.78 is 11.8.